The molecule has 0 unspecified atom stereocenters. The summed E-state index contributed by atoms with van der Waals surface area (Å²) >= 11 is 1.71. The second-order valence-electron chi connectivity index (χ2n) is 5.10. The molecule has 23 heavy (non-hydrogen) atoms. The fourth-order valence-corrected chi connectivity index (χ4v) is 2.98. The van der Waals surface area contributed by atoms with Crippen molar-refractivity contribution in [1.29, 1.82) is 5.26 Å². The number of benzene rings is 1. The van der Waals surface area contributed by atoms with Crippen LogP contribution in [0.3, 0.4) is 0 Å². The first kappa shape index (κ1) is 17.0. The molecule has 0 aliphatic rings. The molecular formula is C17H21N5S. The lowest BCUT2D eigenvalue weighted by Gasteiger charge is -2.10. The van der Waals surface area contributed by atoms with Gasteiger partial charge in [0.2, 0.25) is 0 Å². The van der Waals surface area contributed by atoms with E-state index in [9.17, 15) is 0 Å². The molecule has 0 spiro atoms. The molecule has 2 rings (SSSR count). The molecule has 0 saturated heterocycles. The number of thiazole rings is 1. The molecular weight excluding hydrogens is 306 g/mol. The molecule has 120 valence electrons. The zero-order valence-electron chi connectivity index (χ0n) is 13.7. The normalized spacial score (nSPS) is 11.1. The summed E-state index contributed by atoms with van der Waals surface area (Å²) in [6.45, 7) is 8.19. The Morgan fingerprint density at radius 2 is 2.00 bits per heavy atom. The molecule has 6 heteroatoms. The summed E-state index contributed by atoms with van der Waals surface area (Å²) in [4.78, 5) is 10.3. The maximum atomic E-state index is 8.82. The third kappa shape index (κ3) is 5.08. The third-order valence-electron chi connectivity index (χ3n) is 3.26. The SMILES string of the molecule is CCNC(=NCc1ccc(C#N)cc1)NCc1sc(C)nc1C. The summed E-state index contributed by atoms with van der Waals surface area (Å²) in [5.74, 6) is 0.780. The molecule has 0 saturated carbocycles. The van der Waals surface area contributed by atoms with E-state index in [4.69, 9.17) is 5.26 Å². The van der Waals surface area contributed by atoms with E-state index in [1.165, 1.54) is 4.88 Å². The van der Waals surface area contributed by atoms with E-state index >= 15 is 0 Å². The van der Waals surface area contributed by atoms with Gasteiger partial charge in [0.1, 0.15) is 0 Å². The Kier molecular flexibility index (Phi) is 6.12. The highest BCUT2D eigenvalue weighted by atomic mass is 32.1. The maximum absolute atomic E-state index is 8.82. The Morgan fingerprint density at radius 1 is 1.26 bits per heavy atom. The Hall–Kier alpha value is -2.39. The van der Waals surface area contributed by atoms with Gasteiger partial charge in [0.15, 0.2) is 5.96 Å². The van der Waals surface area contributed by atoms with Crippen LogP contribution in [-0.4, -0.2) is 17.5 Å². The predicted molar refractivity (Wildman–Crippen MR) is 94.4 cm³/mol. The first-order valence-electron chi connectivity index (χ1n) is 7.56. The Morgan fingerprint density at radius 3 is 2.57 bits per heavy atom. The molecule has 2 N–H and O–H groups in total. The van der Waals surface area contributed by atoms with Crippen LogP contribution in [0.25, 0.3) is 0 Å². The van der Waals surface area contributed by atoms with Crippen molar-refractivity contribution in [2.24, 2.45) is 4.99 Å². The minimum atomic E-state index is 0.571. The van der Waals surface area contributed by atoms with Crippen molar-refractivity contribution >= 4 is 17.3 Å². The molecule has 0 bridgehead atoms. The van der Waals surface area contributed by atoms with Crippen molar-refractivity contribution in [1.82, 2.24) is 15.6 Å². The summed E-state index contributed by atoms with van der Waals surface area (Å²) < 4.78 is 0. The second kappa shape index (κ2) is 8.30. The average Bonchev–Trinajstić information content (AvgIpc) is 2.88. The van der Waals surface area contributed by atoms with Gasteiger partial charge >= 0.3 is 0 Å². The van der Waals surface area contributed by atoms with Crippen molar-refractivity contribution in [2.75, 3.05) is 6.54 Å². The minimum absolute atomic E-state index is 0.571. The zero-order valence-corrected chi connectivity index (χ0v) is 14.5. The van der Waals surface area contributed by atoms with Crippen LogP contribution in [0, 0.1) is 25.2 Å². The molecule has 0 amide bonds. The van der Waals surface area contributed by atoms with Crippen molar-refractivity contribution in [2.45, 2.75) is 33.9 Å². The summed E-state index contributed by atoms with van der Waals surface area (Å²) in [6.07, 6.45) is 0. The number of guanidine groups is 1. The fourth-order valence-electron chi connectivity index (χ4n) is 2.10. The van der Waals surface area contributed by atoms with Gasteiger partial charge in [-0.25, -0.2) is 9.98 Å². The van der Waals surface area contributed by atoms with Gasteiger partial charge in [-0.1, -0.05) is 12.1 Å². The van der Waals surface area contributed by atoms with Crippen LogP contribution < -0.4 is 10.6 Å². The molecule has 1 aromatic heterocycles. The molecule has 1 aromatic carbocycles. The quantitative estimate of drug-likeness (QED) is 0.654. The van der Waals surface area contributed by atoms with Crippen LogP contribution >= 0.6 is 11.3 Å². The van der Waals surface area contributed by atoms with E-state index in [0.717, 1.165) is 35.3 Å². The lowest BCUT2D eigenvalue weighted by atomic mass is 10.1. The van der Waals surface area contributed by atoms with E-state index in [2.05, 4.69) is 26.7 Å². The molecule has 0 radical (unpaired) electrons. The lowest BCUT2D eigenvalue weighted by molar-refractivity contribution is 0.819. The van der Waals surface area contributed by atoms with E-state index in [-0.39, 0.29) is 0 Å². The highest BCUT2D eigenvalue weighted by Crippen LogP contribution is 2.16. The first-order valence-corrected chi connectivity index (χ1v) is 8.38. The molecule has 5 nitrogen and oxygen atoms in total. The van der Waals surface area contributed by atoms with E-state index in [0.29, 0.717) is 12.1 Å². The summed E-state index contributed by atoms with van der Waals surface area (Å²) in [5.41, 5.74) is 2.81. The van der Waals surface area contributed by atoms with Gasteiger partial charge < -0.3 is 10.6 Å². The van der Waals surface area contributed by atoms with Crippen LogP contribution in [-0.2, 0) is 13.1 Å². The second-order valence-corrected chi connectivity index (χ2v) is 6.39. The van der Waals surface area contributed by atoms with Gasteiger partial charge in [-0.2, -0.15) is 5.26 Å². The summed E-state index contributed by atoms with van der Waals surface area (Å²) in [7, 11) is 0. The standard InChI is InChI=1S/C17H21N5S/c1-4-19-17(21-11-16-12(2)22-13(3)23-16)20-10-15-7-5-14(9-18)6-8-15/h5-8H,4,10-11H2,1-3H3,(H2,19,20,21). The maximum Gasteiger partial charge on any atom is 0.191 e. The smallest absolute Gasteiger partial charge is 0.191 e. The van der Waals surface area contributed by atoms with Crippen LogP contribution in [0.15, 0.2) is 29.3 Å². The average molecular weight is 327 g/mol. The highest BCUT2D eigenvalue weighted by Gasteiger charge is 2.05. The number of hydrogen-bond acceptors (Lipinski definition) is 4. The number of hydrogen-bond donors (Lipinski definition) is 2. The van der Waals surface area contributed by atoms with E-state index in [1.54, 1.807) is 11.3 Å². The van der Waals surface area contributed by atoms with Crippen molar-refractivity contribution < 1.29 is 0 Å². The van der Waals surface area contributed by atoms with Crippen molar-refractivity contribution in [3.8, 4) is 6.07 Å². The van der Waals surface area contributed by atoms with E-state index in [1.807, 2.05) is 45.0 Å². The largest absolute Gasteiger partial charge is 0.357 e. The van der Waals surface area contributed by atoms with Crippen molar-refractivity contribution in [3.63, 3.8) is 0 Å². The zero-order chi connectivity index (χ0) is 16.7. The van der Waals surface area contributed by atoms with Crippen LogP contribution in [0.1, 0.15) is 33.6 Å². The highest BCUT2D eigenvalue weighted by molar-refractivity contribution is 7.11. The fraction of sp³-hybridized carbons (Fsp3) is 0.353. The lowest BCUT2D eigenvalue weighted by Crippen LogP contribution is -2.36. The molecule has 1 heterocycles. The van der Waals surface area contributed by atoms with Crippen molar-refractivity contribution in [3.05, 3.63) is 51.0 Å². The Balaban J connectivity index is 1.99. The number of rotatable bonds is 5. The van der Waals surface area contributed by atoms with E-state index < -0.39 is 0 Å². The minimum Gasteiger partial charge on any atom is -0.357 e. The number of aryl methyl sites for hydroxylation is 2. The number of nitrogens with zero attached hydrogens (tertiary/aromatic N) is 3. The van der Waals surface area contributed by atoms with Crippen LogP contribution in [0.5, 0.6) is 0 Å². The summed E-state index contributed by atoms with van der Waals surface area (Å²) in [5, 5.41) is 16.5. The number of nitriles is 1. The van der Waals surface area contributed by atoms with Gasteiger partial charge in [0, 0.05) is 11.4 Å². The monoisotopic (exact) mass is 327 g/mol. The van der Waals surface area contributed by atoms with Gasteiger partial charge in [0.05, 0.1) is 35.4 Å². The Bertz CT molecular complexity index is 710. The molecule has 0 fully saturated rings. The first-order chi connectivity index (χ1) is 11.1. The molecule has 0 atom stereocenters. The molecule has 2 aromatic rings. The summed E-state index contributed by atoms with van der Waals surface area (Å²) in [6, 6.07) is 9.61. The number of aromatic nitrogens is 1. The van der Waals surface area contributed by atoms with Crippen LogP contribution in [0.2, 0.25) is 0 Å². The molecule has 0 aliphatic carbocycles. The van der Waals surface area contributed by atoms with Gasteiger partial charge in [0.25, 0.3) is 0 Å². The molecule has 0 aliphatic heterocycles. The van der Waals surface area contributed by atoms with Crippen LogP contribution in [0.4, 0.5) is 0 Å². The van der Waals surface area contributed by atoms with Gasteiger partial charge in [-0.15, -0.1) is 11.3 Å². The number of nitrogens with one attached hydrogen (secondary N) is 2. The Labute approximate surface area is 141 Å². The van der Waals surface area contributed by atoms with Gasteiger partial charge in [-0.05, 0) is 38.5 Å². The topological polar surface area (TPSA) is 73.1 Å². The van der Waals surface area contributed by atoms with Gasteiger partial charge in [-0.3, -0.25) is 0 Å². The number of aliphatic imine (C=N–C) groups is 1. The third-order valence-corrected chi connectivity index (χ3v) is 4.34. The predicted octanol–water partition coefficient (Wildman–Crippen LogP) is 2.89.